The van der Waals surface area contributed by atoms with Crippen LogP contribution >= 0.6 is 11.3 Å². The maximum atomic E-state index is 5.99. The molecule has 0 bridgehead atoms. The quantitative estimate of drug-likeness (QED) is 0.914. The molecular weight excluding hydrogens is 256 g/mol. The van der Waals surface area contributed by atoms with E-state index in [1.165, 1.54) is 25.0 Å². The van der Waals surface area contributed by atoms with Crippen molar-refractivity contribution in [3.63, 3.8) is 0 Å². The molecule has 104 valence electrons. The average molecular weight is 278 g/mol. The summed E-state index contributed by atoms with van der Waals surface area (Å²) in [6, 6.07) is 0.163. The van der Waals surface area contributed by atoms with Crippen LogP contribution in [0, 0.1) is 5.92 Å². The third-order valence-corrected chi connectivity index (χ3v) is 4.73. The lowest BCUT2D eigenvalue weighted by Crippen LogP contribution is -2.30. The first-order valence-corrected chi connectivity index (χ1v) is 7.94. The fraction of sp³-hybridized carbons (Fsp3) is 0.643. The number of imidazole rings is 1. The van der Waals surface area contributed by atoms with Gasteiger partial charge in [-0.1, -0.05) is 6.42 Å². The van der Waals surface area contributed by atoms with Crippen LogP contribution in [-0.4, -0.2) is 29.0 Å². The number of thiazole rings is 1. The summed E-state index contributed by atoms with van der Waals surface area (Å²) in [4.78, 5) is 8.18. The van der Waals surface area contributed by atoms with E-state index in [2.05, 4.69) is 34.8 Å². The molecule has 4 nitrogen and oxygen atoms in total. The minimum absolute atomic E-state index is 0.163. The van der Waals surface area contributed by atoms with E-state index in [4.69, 9.17) is 10.7 Å². The number of hydrogen-bond donors (Lipinski definition) is 1. The molecule has 2 aromatic heterocycles. The highest BCUT2D eigenvalue weighted by molar-refractivity contribution is 7.15. The van der Waals surface area contributed by atoms with Gasteiger partial charge in [0.05, 0.1) is 5.69 Å². The maximum Gasteiger partial charge on any atom is 0.195 e. The van der Waals surface area contributed by atoms with E-state index in [1.807, 2.05) is 0 Å². The zero-order valence-corrected chi connectivity index (χ0v) is 12.5. The smallest absolute Gasteiger partial charge is 0.195 e. The van der Waals surface area contributed by atoms with Crippen LogP contribution < -0.4 is 10.6 Å². The molecule has 1 aliphatic rings. The van der Waals surface area contributed by atoms with Crippen LogP contribution in [0.5, 0.6) is 0 Å². The molecule has 2 heterocycles. The summed E-state index contributed by atoms with van der Waals surface area (Å²) in [6.45, 7) is 3.18. The van der Waals surface area contributed by atoms with Gasteiger partial charge < -0.3 is 10.6 Å². The van der Waals surface area contributed by atoms with E-state index in [1.54, 1.807) is 11.3 Å². The third-order valence-electron chi connectivity index (χ3n) is 3.97. The average Bonchev–Trinajstić information content (AvgIpc) is 2.85. The summed E-state index contributed by atoms with van der Waals surface area (Å²) in [5.41, 5.74) is 7.25. The Labute approximate surface area is 118 Å². The molecule has 0 aromatic carbocycles. The number of anilines is 1. The Kier molecular flexibility index (Phi) is 3.50. The Hall–Kier alpha value is -1.07. The summed E-state index contributed by atoms with van der Waals surface area (Å²) < 4.78 is 2.20. The van der Waals surface area contributed by atoms with Crippen molar-refractivity contribution in [3.05, 3.63) is 17.3 Å². The fourth-order valence-corrected chi connectivity index (χ4v) is 3.50. The van der Waals surface area contributed by atoms with Crippen LogP contribution in [0.1, 0.15) is 31.9 Å². The topological polar surface area (TPSA) is 46.6 Å². The Morgan fingerprint density at radius 2 is 2.37 bits per heavy atom. The first kappa shape index (κ1) is 12.9. The summed E-state index contributed by atoms with van der Waals surface area (Å²) >= 11 is 1.69. The number of nitrogens with zero attached hydrogens (tertiary/aromatic N) is 3. The summed E-state index contributed by atoms with van der Waals surface area (Å²) in [6.07, 6.45) is 7.11. The third kappa shape index (κ3) is 2.49. The van der Waals surface area contributed by atoms with Gasteiger partial charge in [0.15, 0.2) is 10.8 Å². The zero-order chi connectivity index (χ0) is 13.4. The molecule has 19 heavy (non-hydrogen) atoms. The van der Waals surface area contributed by atoms with E-state index in [0.29, 0.717) is 0 Å². The van der Waals surface area contributed by atoms with Gasteiger partial charge in [0.25, 0.3) is 0 Å². The van der Waals surface area contributed by atoms with Gasteiger partial charge in [-0.2, -0.15) is 0 Å². The first-order chi connectivity index (χ1) is 9.15. The zero-order valence-electron chi connectivity index (χ0n) is 11.7. The Morgan fingerprint density at radius 1 is 1.58 bits per heavy atom. The van der Waals surface area contributed by atoms with E-state index < -0.39 is 0 Å². The van der Waals surface area contributed by atoms with Gasteiger partial charge in [-0.05, 0) is 25.7 Å². The molecule has 0 spiro atoms. The Morgan fingerprint density at radius 3 is 3.00 bits per heavy atom. The van der Waals surface area contributed by atoms with Crippen molar-refractivity contribution in [2.75, 3.05) is 18.5 Å². The van der Waals surface area contributed by atoms with Gasteiger partial charge in [0.1, 0.15) is 0 Å². The number of aromatic nitrogens is 2. The molecule has 0 aliphatic heterocycles. The molecule has 1 unspecified atom stereocenters. The van der Waals surface area contributed by atoms with Crippen LogP contribution in [0.3, 0.4) is 0 Å². The summed E-state index contributed by atoms with van der Waals surface area (Å²) in [5, 5.41) is 2.09. The van der Waals surface area contributed by atoms with E-state index in [9.17, 15) is 0 Å². The molecule has 2 N–H and O–H groups in total. The minimum Gasteiger partial charge on any atom is -0.358 e. The number of rotatable bonds is 5. The van der Waals surface area contributed by atoms with E-state index >= 15 is 0 Å². The highest BCUT2D eigenvalue weighted by Crippen LogP contribution is 2.30. The maximum absolute atomic E-state index is 5.99. The summed E-state index contributed by atoms with van der Waals surface area (Å²) in [7, 11) is 2.16. The fourth-order valence-electron chi connectivity index (χ4n) is 2.77. The van der Waals surface area contributed by atoms with Crippen molar-refractivity contribution >= 4 is 22.1 Å². The van der Waals surface area contributed by atoms with Crippen molar-refractivity contribution in [1.29, 1.82) is 0 Å². The predicted molar refractivity (Wildman–Crippen MR) is 81.0 cm³/mol. The molecule has 3 rings (SSSR count). The van der Waals surface area contributed by atoms with Gasteiger partial charge >= 0.3 is 0 Å². The second-order valence-electron chi connectivity index (χ2n) is 5.80. The van der Waals surface area contributed by atoms with Crippen LogP contribution in [0.15, 0.2) is 11.6 Å². The second kappa shape index (κ2) is 5.13. The molecule has 2 aromatic rings. The highest BCUT2D eigenvalue weighted by Gasteiger charge is 2.23. The molecule has 1 fully saturated rings. The molecule has 5 heteroatoms. The lowest BCUT2D eigenvalue weighted by atomic mass is 9.85. The SMILES string of the molecule is CC(N)Cc1c(N(C)CC2CCC2)nc2sccn12. The van der Waals surface area contributed by atoms with Crippen molar-refractivity contribution in [2.24, 2.45) is 11.7 Å². The molecule has 1 aliphatic carbocycles. The Balaban J connectivity index is 1.89. The van der Waals surface area contributed by atoms with Crippen LogP contribution in [0.2, 0.25) is 0 Å². The standard InChI is InChI=1S/C14H22N4S/c1-10(15)8-12-13(16-14-18(12)6-7-19-14)17(2)9-11-4-3-5-11/h6-7,10-11H,3-5,8-9,15H2,1-2H3. The largest absolute Gasteiger partial charge is 0.358 e. The van der Waals surface area contributed by atoms with Crippen LogP contribution in [0.4, 0.5) is 5.82 Å². The second-order valence-corrected chi connectivity index (χ2v) is 6.67. The lowest BCUT2D eigenvalue weighted by Gasteiger charge is -2.30. The molecule has 1 saturated carbocycles. The molecule has 0 radical (unpaired) electrons. The van der Waals surface area contributed by atoms with E-state index in [0.717, 1.165) is 29.7 Å². The van der Waals surface area contributed by atoms with Crippen molar-refractivity contribution in [2.45, 2.75) is 38.6 Å². The van der Waals surface area contributed by atoms with Gasteiger partial charge in [-0.25, -0.2) is 4.98 Å². The first-order valence-electron chi connectivity index (χ1n) is 7.06. The monoisotopic (exact) mass is 278 g/mol. The highest BCUT2D eigenvalue weighted by atomic mass is 32.1. The minimum atomic E-state index is 0.163. The summed E-state index contributed by atoms with van der Waals surface area (Å²) in [5.74, 6) is 1.98. The van der Waals surface area contributed by atoms with Gasteiger partial charge in [-0.15, -0.1) is 11.3 Å². The molecular formula is C14H22N4S. The van der Waals surface area contributed by atoms with Crippen molar-refractivity contribution in [3.8, 4) is 0 Å². The molecule has 0 amide bonds. The van der Waals surface area contributed by atoms with E-state index in [-0.39, 0.29) is 6.04 Å². The Bertz CT molecular complexity index is 553. The van der Waals surface area contributed by atoms with Crippen LogP contribution in [0.25, 0.3) is 4.96 Å². The van der Waals surface area contributed by atoms with Gasteiger partial charge in [-0.3, -0.25) is 4.40 Å². The molecule has 1 atom stereocenters. The predicted octanol–water partition coefficient (Wildman–Crippen LogP) is 2.52. The van der Waals surface area contributed by atoms with Crippen molar-refractivity contribution in [1.82, 2.24) is 9.38 Å². The number of nitrogens with two attached hydrogens (primary N) is 1. The van der Waals surface area contributed by atoms with Gasteiger partial charge in [0, 0.05) is 37.6 Å². The number of fused-ring (bicyclic) bond motifs is 1. The molecule has 0 saturated heterocycles. The van der Waals surface area contributed by atoms with Crippen molar-refractivity contribution < 1.29 is 0 Å². The van der Waals surface area contributed by atoms with Gasteiger partial charge in [0.2, 0.25) is 0 Å². The lowest BCUT2D eigenvalue weighted by molar-refractivity contribution is 0.321. The van der Waals surface area contributed by atoms with Crippen LogP contribution in [-0.2, 0) is 6.42 Å². The number of hydrogen-bond acceptors (Lipinski definition) is 4. The normalized spacial score (nSPS) is 17.6.